The Morgan fingerprint density at radius 3 is 3.00 bits per heavy atom. The molecule has 6 heteroatoms. The van der Waals surface area contributed by atoms with Crippen molar-refractivity contribution >= 4 is 17.5 Å². The molecule has 122 valence electrons. The van der Waals surface area contributed by atoms with Crippen LogP contribution in [0.15, 0.2) is 24.5 Å². The second kappa shape index (κ2) is 6.40. The molecule has 1 N–H and O–H groups in total. The Bertz CT molecular complexity index is 737. The summed E-state index contributed by atoms with van der Waals surface area (Å²) in [6.45, 7) is 5.77. The summed E-state index contributed by atoms with van der Waals surface area (Å²) >= 11 is 0. The molecule has 2 amide bonds. The van der Waals surface area contributed by atoms with Crippen LogP contribution in [-0.4, -0.2) is 45.7 Å². The van der Waals surface area contributed by atoms with Crippen molar-refractivity contribution in [1.82, 2.24) is 19.6 Å². The molecular weight excluding hydrogens is 292 g/mol. The second-order valence-corrected chi connectivity index (χ2v) is 6.08. The summed E-state index contributed by atoms with van der Waals surface area (Å²) in [7, 11) is 0. The molecule has 0 spiro atoms. The van der Waals surface area contributed by atoms with Gasteiger partial charge in [-0.25, -0.2) is 4.98 Å². The molecule has 0 aromatic carbocycles. The molecule has 2 aromatic rings. The second-order valence-electron chi connectivity index (χ2n) is 6.08. The van der Waals surface area contributed by atoms with Crippen LogP contribution in [0.3, 0.4) is 0 Å². The minimum atomic E-state index is -0.107. The van der Waals surface area contributed by atoms with Gasteiger partial charge in [-0.05, 0) is 31.4 Å². The van der Waals surface area contributed by atoms with E-state index >= 15 is 0 Å². The van der Waals surface area contributed by atoms with Crippen LogP contribution in [0.1, 0.15) is 35.8 Å². The molecule has 0 radical (unpaired) electrons. The monoisotopic (exact) mass is 314 g/mol. The Balaban J connectivity index is 1.71. The average Bonchev–Trinajstić information content (AvgIpc) is 3.19. The first-order valence-corrected chi connectivity index (χ1v) is 8.11. The molecule has 1 saturated heterocycles. The molecule has 2 aromatic heterocycles. The van der Waals surface area contributed by atoms with Crippen LogP contribution >= 0.6 is 0 Å². The molecule has 1 fully saturated rings. The summed E-state index contributed by atoms with van der Waals surface area (Å²) in [5, 5.41) is 2.91. The van der Waals surface area contributed by atoms with Gasteiger partial charge in [0.15, 0.2) is 0 Å². The third-order valence-corrected chi connectivity index (χ3v) is 4.29. The number of hydrogen-bond donors (Lipinski definition) is 1. The number of imidazole rings is 1. The molecule has 23 heavy (non-hydrogen) atoms. The van der Waals surface area contributed by atoms with Crippen molar-refractivity contribution < 1.29 is 9.59 Å². The maximum absolute atomic E-state index is 12.6. The minimum Gasteiger partial charge on any atom is -0.356 e. The molecule has 1 aliphatic heterocycles. The number of carbonyl (C=O) groups is 2. The van der Waals surface area contributed by atoms with Crippen LogP contribution in [0.5, 0.6) is 0 Å². The summed E-state index contributed by atoms with van der Waals surface area (Å²) in [6, 6.07) is 3.91. The summed E-state index contributed by atoms with van der Waals surface area (Å²) < 4.78 is 1.87. The van der Waals surface area contributed by atoms with E-state index in [1.807, 2.05) is 36.6 Å². The van der Waals surface area contributed by atoms with Crippen LogP contribution < -0.4 is 5.32 Å². The maximum atomic E-state index is 12.6. The van der Waals surface area contributed by atoms with Gasteiger partial charge in [0.2, 0.25) is 5.91 Å². The van der Waals surface area contributed by atoms with Crippen molar-refractivity contribution in [3.8, 4) is 0 Å². The number of aromatic nitrogens is 2. The van der Waals surface area contributed by atoms with Gasteiger partial charge in [-0.3, -0.25) is 9.59 Å². The van der Waals surface area contributed by atoms with E-state index in [9.17, 15) is 9.59 Å². The lowest BCUT2D eigenvalue weighted by molar-refractivity contribution is -0.124. The number of rotatable bonds is 4. The fourth-order valence-electron chi connectivity index (χ4n) is 2.97. The zero-order valence-electron chi connectivity index (χ0n) is 13.6. The van der Waals surface area contributed by atoms with Crippen molar-refractivity contribution in [2.75, 3.05) is 19.6 Å². The standard InChI is InChI=1S/C17H22N4O2/c1-3-7-18-16(22)13-6-9-21(10-13)17(23)14-11-20-8-4-5-12(2)15(20)19-14/h4-5,8,11,13H,3,6-7,9-10H2,1-2H3,(H,18,22)/t13-/m0/s1. The molecule has 3 heterocycles. The van der Waals surface area contributed by atoms with Gasteiger partial charge in [-0.2, -0.15) is 0 Å². The van der Waals surface area contributed by atoms with Gasteiger partial charge in [-0.15, -0.1) is 0 Å². The highest BCUT2D eigenvalue weighted by Crippen LogP contribution is 2.19. The van der Waals surface area contributed by atoms with E-state index < -0.39 is 0 Å². The van der Waals surface area contributed by atoms with Crippen LogP contribution in [-0.2, 0) is 4.79 Å². The Morgan fingerprint density at radius 2 is 2.26 bits per heavy atom. The van der Waals surface area contributed by atoms with Gasteiger partial charge < -0.3 is 14.6 Å². The number of hydrogen-bond acceptors (Lipinski definition) is 3. The molecule has 0 saturated carbocycles. The van der Waals surface area contributed by atoms with E-state index in [4.69, 9.17) is 0 Å². The summed E-state index contributed by atoms with van der Waals surface area (Å²) in [4.78, 5) is 30.8. The number of nitrogens with zero attached hydrogens (tertiary/aromatic N) is 3. The Morgan fingerprint density at radius 1 is 1.43 bits per heavy atom. The first kappa shape index (κ1) is 15.5. The van der Waals surface area contributed by atoms with E-state index in [1.54, 1.807) is 11.1 Å². The highest BCUT2D eigenvalue weighted by molar-refractivity contribution is 5.94. The molecule has 0 aliphatic carbocycles. The number of aryl methyl sites for hydroxylation is 1. The van der Waals surface area contributed by atoms with Crippen LogP contribution in [0.2, 0.25) is 0 Å². The lowest BCUT2D eigenvalue weighted by Gasteiger charge is -2.15. The molecule has 1 aliphatic rings. The van der Waals surface area contributed by atoms with Gasteiger partial charge in [0.1, 0.15) is 11.3 Å². The van der Waals surface area contributed by atoms with Gasteiger partial charge in [0.05, 0.1) is 5.92 Å². The Hall–Kier alpha value is -2.37. The Labute approximate surface area is 135 Å². The largest absolute Gasteiger partial charge is 0.356 e. The number of fused-ring (bicyclic) bond motifs is 1. The third-order valence-electron chi connectivity index (χ3n) is 4.29. The van der Waals surface area contributed by atoms with Crippen molar-refractivity contribution in [1.29, 1.82) is 0 Å². The normalized spacial score (nSPS) is 17.7. The predicted molar refractivity (Wildman–Crippen MR) is 87.2 cm³/mol. The smallest absolute Gasteiger partial charge is 0.274 e. The van der Waals surface area contributed by atoms with Crippen LogP contribution in [0.4, 0.5) is 0 Å². The van der Waals surface area contributed by atoms with Gasteiger partial charge >= 0.3 is 0 Å². The topological polar surface area (TPSA) is 66.7 Å². The van der Waals surface area contributed by atoms with Gasteiger partial charge in [0.25, 0.3) is 5.91 Å². The minimum absolute atomic E-state index is 0.0491. The molecular formula is C17H22N4O2. The van der Waals surface area contributed by atoms with E-state index in [2.05, 4.69) is 10.3 Å². The van der Waals surface area contributed by atoms with E-state index in [1.165, 1.54) is 0 Å². The maximum Gasteiger partial charge on any atom is 0.274 e. The highest BCUT2D eigenvalue weighted by Gasteiger charge is 2.32. The first-order chi connectivity index (χ1) is 11.1. The van der Waals surface area contributed by atoms with Crippen LogP contribution in [0.25, 0.3) is 5.65 Å². The van der Waals surface area contributed by atoms with Crippen LogP contribution in [0, 0.1) is 12.8 Å². The average molecular weight is 314 g/mol. The van der Waals surface area contributed by atoms with E-state index in [0.29, 0.717) is 31.7 Å². The van der Waals surface area contributed by atoms with Crippen molar-refractivity contribution in [2.24, 2.45) is 5.92 Å². The van der Waals surface area contributed by atoms with Crippen molar-refractivity contribution in [2.45, 2.75) is 26.7 Å². The number of likely N-dealkylation sites (tertiary alicyclic amines) is 1. The summed E-state index contributed by atoms with van der Waals surface area (Å²) in [6.07, 6.45) is 5.28. The summed E-state index contributed by atoms with van der Waals surface area (Å²) in [5.41, 5.74) is 2.27. The lowest BCUT2D eigenvalue weighted by Crippen LogP contribution is -2.35. The van der Waals surface area contributed by atoms with Gasteiger partial charge in [-0.1, -0.05) is 13.0 Å². The number of pyridine rings is 1. The fraction of sp³-hybridized carbons (Fsp3) is 0.471. The van der Waals surface area contributed by atoms with Crippen molar-refractivity contribution in [3.05, 3.63) is 35.8 Å². The molecule has 6 nitrogen and oxygen atoms in total. The van der Waals surface area contributed by atoms with E-state index in [-0.39, 0.29) is 17.7 Å². The molecule has 3 rings (SSSR count). The van der Waals surface area contributed by atoms with Gasteiger partial charge in [0, 0.05) is 32.0 Å². The Kier molecular flexibility index (Phi) is 4.32. The third kappa shape index (κ3) is 3.06. The summed E-state index contributed by atoms with van der Waals surface area (Å²) in [5.74, 6) is -0.156. The predicted octanol–water partition coefficient (Wildman–Crippen LogP) is 1.63. The zero-order chi connectivity index (χ0) is 16.4. The van der Waals surface area contributed by atoms with Crippen molar-refractivity contribution in [3.63, 3.8) is 0 Å². The SMILES string of the molecule is CCCNC(=O)[C@H]1CCN(C(=O)c2cn3cccc(C)c3n2)C1. The first-order valence-electron chi connectivity index (χ1n) is 8.11. The number of nitrogens with one attached hydrogen (secondary N) is 1. The molecule has 0 unspecified atom stereocenters. The lowest BCUT2D eigenvalue weighted by atomic mass is 10.1. The quantitative estimate of drug-likeness (QED) is 0.933. The molecule has 1 atom stereocenters. The number of carbonyl (C=O) groups excluding carboxylic acids is 2. The molecule has 0 bridgehead atoms. The number of amides is 2. The zero-order valence-corrected chi connectivity index (χ0v) is 13.6. The van der Waals surface area contributed by atoms with E-state index in [0.717, 1.165) is 17.6 Å². The highest BCUT2D eigenvalue weighted by atomic mass is 16.2. The fourth-order valence-corrected chi connectivity index (χ4v) is 2.97.